The van der Waals surface area contributed by atoms with Crippen LogP contribution in [0.15, 0.2) is 59.5 Å². The summed E-state index contributed by atoms with van der Waals surface area (Å²) in [4.78, 5) is 42.6. The normalized spacial score (nSPS) is 19.7. The number of methoxy groups -OCH3 is 1. The van der Waals surface area contributed by atoms with Crippen LogP contribution in [0.4, 0.5) is 4.39 Å². The predicted octanol–water partition coefficient (Wildman–Crippen LogP) is 4.92. The minimum Gasteiger partial charge on any atom is -0.483 e. The number of halogens is 2. The van der Waals surface area contributed by atoms with Gasteiger partial charge in [-0.25, -0.2) is 4.39 Å². The van der Waals surface area contributed by atoms with E-state index in [1.807, 2.05) is 37.3 Å². The number of pyridine rings is 1. The van der Waals surface area contributed by atoms with Crippen molar-refractivity contribution in [1.82, 2.24) is 9.47 Å². The third kappa shape index (κ3) is 4.99. The molecule has 1 aliphatic carbocycles. The number of ether oxygens (including phenoxy) is 2. The highest BCUT2D eigenvalue weighted by molar-refractivity contribution is 6.30. The summed E-state index contributed by atoms with van der Waals surface area (Å²) < 4.78 is 27.5. The van der Waals surface area contributed by atoms with E-state index < -0.39 is 22.6 Å². The number of likely N-dealkylation sites (N-methyl/N-ethyl adjacent to an activating group) is 1. The van der Waals surface area contributed by atoms with Gasteiger partial charge in [0.05, 0.1) is 22.7 Å². The zero-order chi connectivity index (χ0) is 27.7. The Morgan fingerprint density at radius 1 is 1.15 bits per heavy atom. The number of aryl methyl sites for hydroxylation is 1. The quantitative estimate of drug-likeness (QED) is 0.334. The molecule has 3 aromatic rings. The number of rotatable bonds is 10. The van der Waals surface area contributed by atoms with E-state index in [0.717, 1.165) is 12.0 Å². The molecule has 2 aromatic carbocycles. The van der Waals surface area contributed by atoms with Crippen LogP contribution in [-0.4, -0.2) is 47.0 Å². The smallest absolute Gasteiger partial charge is 0.275 e. The fourth-order valence-electron chi connectivity index (χ4n) is 5.65. The lowest BCUT2D eigenvalue weighted by molar-refractivity contribution is 0.0488. The fourth-order valence-corrected chi connectivity index (χ4v) is 5.84. The lowest BCUT2D eigenvalue weighted by Gasteiger charge is -2.39. The number of aromatic nitrogens is 1. The molecule has 39 heavy (non-hydrogen) atoms. The van der Waals surface area contributed by atoms with Gasteiger partial charge in [-0.3, -0.25) is 14.4 Å². The molecule has 1 aromatic heterocycles. The highest BCUT2D eigenvalue weighted by Crippen LogP contribution is 2.52. The van der Waals surface area contributed by atoms with Crippen molar-refractivity contribution in [2.45, 2.75) is 44.9 Å². The number of ketones is 1. The van der Waals surface area contributed by atoms with E-state index in [9.17, 15) is 18.8 Å². The molecule has 1 saturated carbocycles. The van der Waals surface area contributed by atoms with Crippen molar-refractivity contribution in [3.8, 4) is 5.75 Å². The number of hydrogen-bond donors (Lipinski definition) is 0. The van der Waals surface area contributed by atoms with Gasteiger partial charge in [0, 0.05) is 38.7 Å². The van der Waals surface area contributed by atoms with Crippen molar-refractivity contribution in [2.75, 3.05) is 20.3 Å². The van der Waals surface area contributed by atoms with Crippen molar-refractivity contribution in [1.29, 1.82) is 0 Å². The summed E-state index contributed by atoms with van der Waals surface area (Å²) in [6, 6.07) is 13.9. The van der Waals surface area contributed by atoms with E-state index in [-0.39, 0.29) is 53.3 Å². The number of Topliss-reactive ketones (excluding diaryl/α,β-unsaturated/α-hetero) is 1. The largest absolute Gasteiger partial charge is 0.483 e. The number of carbonyl (C=O) groups is 2. The average molecular weight is 553 g/mol. The average Bonchev–Trinajstić information content (AvgIpc) is 3.61. The molecular weight excluding hydrogens is 523 g/mol. The third-order valence-corrected chi connectivity index (χ3v) is 8.02. The topological polar surface area (TPSA) is 77.8 Å². The summed E-state index contributed by atoms with van der Waals surface area (Å²) in [5, 5.41) is -0.0234. The Bertz CT molecular complexity index is 1470. The van der Waals surface area contributed by atoms with Gasteiger partial charge in [0.25, 0.3) is 5.91 Å². The molecule has 5 rings (SSSR count). The summed E-state index contributed by atoms with van der Waals surface area (Å²) in [5.41, 5.74) is 0.0920. The van der Waals surface area contributed by atoms with Crippen molar-refractivity contribution in [3.05, 3.63) is 98.2 Å². The van der Waals surface area contributed by atoms with Crippen LogP contribution < -0.4 is 10.2 Å². The summed E-state index contributed by atoms with van der Waals surface area (Å²) in [7, 11) is 1.63. The molecule has 1 aliphatic heterocycles. The second-order valence-corrected chi connectivity index (χ2v) is 10.5. The van der Waals surface area contributed by atoms with Crippen LogP contribution in [0.25, 0.3) is 0 Å². The Morgan fingerprint density at radius 2 is 1.92 bits per heavy atom. The van der Waals surface area contributed by atoms with Gasteiger partial charge in [-0.2, -0.15) is 0 Å². The molecular formula is C30H30ClFN2O5. The summed E-state index contributed by atoms with van der Waals surface area (Å²) in [6.45, 7) is 3.37. The highest BCUT2D eigenvalue weighted by atomic mass is 35.5. The third-order valence-electron chi connectivity index (χ3n) is 7.73. The monoisotopic (exact) mass is 552 g/mol. The molecule has 0 unspecified atom stereocenters. The van der Waals surface area contributed by atoms with Crippen molar-refractivity contribution in [2.24, 2.45) is 5.92 Å². The number of fused-ring (bicyclic) bond motifs is 1. The van der Waals surface area contributed by atoms with E-state index in [0.29, 0.717) is 25.3 Å². The first kappa shape index (κ1) is 27.1. The van der Waals surface area contributed by atoms with Gasteiger partial charge >= 0.3 is 0 Å². The van der Waals surface area contributed by atoms with Crippen molar-refractivity contribution < 1.29 is 23.5 Å². The molecule has 0 radical (unpaired) electrons. The molecule has 0 bridgehead atoms. The van der Waals surface area contributed by atoms with E-state index in [1.165, 1.54) is 12.3 Å². The van der Waals surface area contributed by atoms with E-state index in [1.54, 1.807) is 28.7 Å². The lowest BCUT2D eigenvalue weighted by atomic mass is 10.00. The Morgan fingerprint density at radius 3 is 2.64 bits per heavy atom. The van der Waals surface area contributed by atoms with Gasteiger partial charge in [0.2, 0.25) is 5.43 Å². The molecule has 1 spiro atoms. The predicted molar refractivity (Wildman–Crippen MR) is 145 cm³/mol. The molecule has 2 atom stereocenters. The molecule has 7 nitrogen and oxygen atoms in total. The van der Waals surface area contributed by atoms with E-state index in [2.05, 4.69) is 0 Å². The first-order valence-electron chi connectivity index (χ1n) is 13.0. The Balaban J connectivity index is 1.53. The molecule has 1 amide bonds. The number of hydrogen-bond acceptors (Lipinski definition) is 5. The minimum absolute atomic E-state index is 0.0234. The van der Waals surface area contributed by atoms with Gasteiger partial charge in [-0.15, -0.1) is 0 Å². The molecule has 0 N–H and O–H groups in total. The molecule has 204 valence electrons. The van der Waals surface area contributed by atoms with Gasteiger partial charge in [-0.1, -0.05) is 54.1 Å². The lowest BCUT2D eigenvalue weighted by Crippen LogP contribution is -2.52. The van der Waals surface area contributed by atoms with E-state index >= 15 is 0 Å². The highest BCUT2D eigenvalue weighted by Gasteiger charge is 2.62. The van der Waals surface area contributed by atoms with Gasteiger partial charge in [-0.05, 0) is 37.0 Å². The van der Waals surface area contributed by atoms with Crippen LogP contribution >= 0.6 is 11.6 Å². The molecule has 2 heterocycles. The van der Waals surface area contributed by atoms with Crippen LogP contribution in [0, 0.1) is 11.7 Å². The second-order valence-electron chi connectivity index (χ2n) is 10.1. The summed E-state index contributed by atoms with van der Waals surface area (Å²) >= 11 is 5.89. The van der Waals surface area contributed by atoms with E-state index in [4.69, 9.17) is 21.1 Å². The zero-order valence-corrected chi connectivity index (χ0v) is 22.7. The molecule has 9 heteroatoms. The standard InChI is InChI=1S/C30H30ClFN2O5/c1-3-34-29(37)26-28(39-16-19-8-5-4-6-9-19)27(36)22(15-33(26)18-30(34)14-21(30)17-38-2)24(35)13-12-20-10-7-11-23(31)25(20)32/h4-11,15,21H,3,12-14,16-18H2,1-2H3/t21-,30-/m1/s1. The second kappa shape index (κ2) is 10.9. The molecule has 2 aliphatic rings. The Kier molecular flexibility index (Phi) is 7.60. The van der Waals surface area contributed by atoms with Crippen LogP contribution in [-0.2, 0) is 24.3 Å². The van der Waals surface area contributed by atoms with Crippen LogP contribution in [0.2, 0.25) is 5.02 Å². The molecule has 0 saturated heterocycles. The Labute approximate surface area is 231 Å². The molecule has 1 fully saturated rings. The van der Waals surface area contributed by atoms with Crippen molar-refractivity contribution >= 4 is 23.3 Å². The van der Waals surface area contributed by atoms with Crippen LogP contribution in [0.3, 0.4) is 0 Å². The maximum absolute atomic E-state index is 14.4. The maximum Gasteiger partial charge on any atom is 0.275 e. The van der Waals surface area contributed by atoms with Crippen LogP contribution in [0.1, 0.15) is 51.7 Å². The first-order chi connectivity index (χ1) is 18.8. The number of carbonyl (C=O) groups excluding carboxylic acids is 2. The fraction of sp³-hybridized carbons (Fsp3) is 0.367. The maximum atomic E-state index is 14.4. The summed E-state index contributed by atoms with van der Waals surface area (Å²) in [5.74, 6) is -1.32. The van der Waals surface area contributed by atoms with Gasteiger partial charge in [0.1, 0.15) is 12.4 Å². The minimum atomic E-state index is -0.640. The van der Waals surface area contributed by atoms with Gasteiger partial charge in [0.15, 0.2) is 17.2 Å². The summed E-state index contributed by atoms with van der Waals surface area (Å²) in [6.07, 6.45) is 2.22. The van der Waals surface area contributed by atoms with Crippen molar-refractivity contribution in [3.63, 3.8) is 0 Å². The number of benzene rings is 2. The number of nitrogens with zero attached hydrogens (tertiary/aromatic N) is 2. The first-order valence-corrected chi connectivity index (χ1v) is 13.4. The zero-order valence-electron chi connectivity index (χ0n) is 21.9. The van der Waals surface area contributed by atoms with Crippen LogP contribution in [0.5, 0.6) is 5.75 Å². The SMILES string of the molecule is CCN1C(=O)c2c(OCc3ccccc3)c(=O)c(C(=O)CCc3cccc(Cl)c3F)cn2C[C@@]12C[C@@H]2COC. The van der Waals surface area contributed by atoms with Gasteiger partial charge < -0.3 is 18.9 Å². The Hall–Kier alpha value is -3.49. The number of amides is 1.